The minimum absolute atomic E-state index is 0.801. The molecule has 1 aromatic carbocycles. The Hall–Kier alpha value is -0.500. The molecule has 0 amide bonds. The van der Waals surface area contributed by atoms with Gasteiger partial charge in [-0.3, -0.25) is 0 Å². The third kappa shape index (κ3) is 2.05. The van der Waals surface area contributed by atoms with Crippen molar-refractivity contribution in [1.82, 2.24) is 0 Å². The summed E-state index contributed by atoms with van der Waals surface area (Å²) < 4.78 is 1.16. The molecule has 0 saturated heterocycles. The average Bonchev–Trinajstić information content (AvgIpc) is 2.25. The number of benzene rings is 1. The maximum atomic E-state index is 3.49. The molecule has 1 aliphatic rings. The van der Waals surface area contributed by atoms with E-state index in [-0.39, 0.29) is 0 Å². The first-order valence-electron chi connectivity index (χ1n) is 4.78. The normalized spacial score (nSPS) is 21.5. The minimum Gasteiger partial charge on any atom is -0.385 e. The third-order valence-corrected chi connectivity index (χ3v) is 3.09. The lowest BCUT2D eigenvalue weighted by atomic mass is 9.99. The zero-order chi connectivity index (χ0) is 9.26. The Kier molecular flexibility index (Phi) is 2.58. The number of nitrogens with one attached hydrogen (secondary N) is 1. The quantitative estimate of drug-likeness (QED) is 0.732. The Morgan fingerprint density at radius 2 is 2.31 bits per heavy atom. The molecule has 13 heavy (non-hydrogen) atoms. The molecular formula is C11H14BrN. The van der Waals surface area contributed by atoms with E-state index >= 15 is 0 Å². The van der Waals surface area contributed by atoms with Crippen LogP contribution in [0, 0.1) is 5.92 Å². The molecule has 0 bridgehead atoms. The lowest BCUT2D eigenvalue weighted by Crippen LogP contribution is -2.02. The van der Waals surface area contributed by atoms with Crippen LogP contribution in [0.1, 0.15) is 18.9 Å². The highest BCUT2D eigenvalue weighted by atomic mass is 79.9. The third-order valence-electron chi connectivity index (χ3n) is 2.59. The molecule has 1 nitrogen and oxygen atoms in total. The van der Waals surface area contributed by atoms with Crippen LogP contribution in [0.2, 0.25) is 0 Å². The summed E-state index contributed by atoms with van der Waals surface area (Å²) in [7, 11) is 0. The van der Waals surface area contributed by atoms with E-state index in [9.17, 15) is 0 Å². The highest BCUT2D eigenvalue weighted by Gasteiger charge is 2.12. The van der Waals surface area contributed by atoms with Gasteiger partial charge in [-0.1, -0.05) is 28.9 Å². The Morgan fingerprint density at radius 3 is 3.15 bits per heavy atom. The molecule has 0 saturated carbocycles. The van der Waals surface area contributed by atoms with Crippen LogP contribution in [0.15, 0.2) is 22.7 Å². The van der Waals surface area contributed by atoms with Crippen molar-refractivity contribution >= 4 is 21.6 Å². The van der Waals surface area contributed by atoms with Crippen LogP contribution in [0.5, 0.6) is 0 Å². The number of halogens is 1. The van der Waals surface area contributed by atoms with Crippen molar-refractivity contribution in [2.75, 3.05) is 11.9 Å². The Labute approximate surface area is 87.7 Å². The number of hydrogen-bond donors (Lipinski definition) is 1. The molecule has 0 spiro atoms. The van der Waals surface area contributed by atoms with E-state index < -0.39 is 0 Å². The molecule has 1 unspecified atom stereocenters. The van der Waals surface area contributed by atoms with Crippen molar-refractivity contribution in [2.45, 2.75) is 19.8 Å². The van der Waals surface area contributed by atoms with Crippen molar-refractivity contribution in [1.29, 1.82) is 0 Å². The van der Waals surface area contributed by atoms with Gasteiger partial charge in [0.05, 0.1) is 0 Å². The second-order valence-electron chi connectivity index (χ2n) is 3.83. The fraction of sp³-hybridized carbons (Fsp3) is 0.455. The van der Waals surface area contributed by atoms with Crippen molar-refractivity contribution in [3.63, 3.8) is 0 Å². The van der Waals surface area contributed by atoms with Crippen LogP contribution in [0.25, 0.3) is 0 Å². The van der Waals surface area contributed by atoms with Crippen molar-refractivity contribution in [2.24, 2.45) is 5.92 Å². The highest BCUT2D eigenvalue weighted by molar-refractivity contribution is 9.10. The summed E-state index contributed by atoms with van der Waals surface area (Å²) in [6, 6.07) is 6.51. The lowest BCUT2D eigenvalue weighted by molar-refractivity contribution is 0.558. The van der Waals surface area contributed by atoms with Gasteiger partial charge in [0.2, 0.25) is 0 Å². The fourth-order valence-electron chi connectivity index (χ4n) is 1.82. The van der Waals surface area contributed by atoms with Gasteiger partial charge in [-0.15, -0.1) is 0 Å². The molecule has 2 rings (SSSR count). The van der Waals surface area contributed by atoms with E-state index in [1.54, 1.807) is 0 Å². The zero-order valence-electron chi connectivity index (χ0n) is 7.81. The molecule has 0 radical (unpaired) electrons. The van der Waals surface area contributed by atoms with Crippen molar-refractivity contribution < 1.29 is 0 Å². The lowest BCUT2D eigenvalue weighted by Gasteiger charge is -2.07. The molecule has 0 aromatic heterocycles. The van der Waals surface area contributed by atoms with Gasteiger partial charge >= 0.3 is 0 Å². The maximum Gasteiger partial charge on any atom is 0.0384 e. The van der Waals surface area contributed by atoms with Gasteiger partial charge in [0.1, 0.15) is 0 Å². The topological polar surface area (TPSA) is 12.0 Å². The van der Waals surface area contributed by atoms with Gasteiger partial charge in [0, 0.05) is 16.7 Å². The van der Waals surface area contributed by atoms with E-state index in [0.29, 0.717) is 0 Å². The maximum absolute atomic E-state index is 3.49. The summed E-state index contributed by atoms with van der Waals surface area (Å²) in [5, 5.41) is 3.47. The largest absolute Gasteiger partial charge is 0.385 e. The van der Waals surface area contributed by atoms with Crippen molar-refractivity contribution in [3.8, 4) is 0 Å². The number of rotatable bonds is 0. The molecule has 0 aliphatic carbocycles. The van der Waals surface area contributed by atoms with Crippen LogP contribution in [0.3, 0.4) is 0 Å². The van der Waals surface area contributed by atoms with Gasteiger partial charge in [-0.05, 0) is 36.5 Å². The molecule has 1 heterocycles. The number of hydrogen-bond acceptors (Lipinski definition) is 1. The summed E-state index contributed by atoms with van der Waals surface area (Å²) >= 11 is 3.49. The summed E-state index contributed by atoms with van der Waals surface area (Å²) in [5.41, 5.74) is 2.76. The molecular weight excluding hydrogens is 226 g/mol. The van der Waals surface area contributed by atoms with Crippen LogP contribution in [-0.2, 0) is 6.42 Å². The smallest absolute Gasteiger partial charge is 0.0384 e. The summed E-state index contributed by atoms with van der Waals surface area (Å²) in [6.07, 6.45) is 2.47. The molecule has 2 heteroatoms. The van der Waals surface area contributed by atoms with Gasteiger partial charge in [0.15, 0.2) is 0 Å². The van der Waals surface area contributed by atoms with Crippen LogP contribution < -0.4 is 5.32 Å². The van der Waals surface area contributed by atoms with Crippen molar-refractivity contribution in [3.05, 3.63) is 28.2 Å². The number of fused-ring (bicyclic) bond motifs is 1. The molecule has 1 N–H and O–H groups in total. The van der Waals surface area contributed by atoms with E-state index in [1.807, 2.05) is 0 Å². The van der Waals surface area contributed by atoms with Crippen LogP contribution >= 0.6 is 15.9 Å². The Bertz CT molecular complexity index is 309. The molecule has 70 valence electrons. The monoisotopic (exact) mass is 239 g/mol. The fourth-order valence-corrected chi connectivity index (χ4v) is 2.18. The Morgan fingerprint density at radius 1 is 1.46 bits per heavy atom. The summed E-state index contributed by atoms with van der Waals surface area (Å²) in [6.45, 7) is 3.42. The van der Waals surface area contributed by atoms with Gasteiger partial charge in [0.25, 0.3) is 0 Å². The second-order valence-corrected chi connectivity index (χ2v) is 4.74. The predicted molar refractivity (Wildman–Crippen MR) is 60.1 cm³/mol. The van der Waals surface area contributed by atoms with Crippen LogP contribution in [-0.4, -0.2) is 6.54 Å². The predicted octanol–water partition coefficient (Wildman–Crippen LogP) is 3.44. The van der Waals surface area contributed by atoms with E-state index in [1.165, 1.54) is 24.1 Å². The van der Waals surface area contributed by atoms with E-state index in [2.05, 4.69) is 46.4 Å². The standard InChI is InChI=1S/C11H14BrN/c1-8-4-5-13-11-7-10(12)3-2-9(11)6-8/h2-3,7-8,13H,4-6H2,1H3. The highest BCUT2D eigenvalue weighted by Crippen LogP contribution is 2.27. The molecule has 0 fully saturated rings. The SMILES string of the molecule is CC1CCNc2cc(Br)ccc2C1. The summed E-state index contributed by atoms with van der Waals surface area (Å²) in [4.78, 5) is 0. The molecule has 1 aromatic rings. The first-order chi connectivity index (χ1) is 6.25. The second kappa shape index (κ2) is 3.70. The van der Waals surface area contributed by atoms with Gasteiger partial charge in [-0.2, -0.15) is 0 Å². The van der Waals surface area contributed by atoms with E-state index in [0.717, 1.165) is 16.9 Å². The first-order valence-corrected chi connectivity index (χ1v) is 5.57. The zero-order valence-corrected chi connectivity index (χ0v) is 9.39. The molecule has 1 aliphatic heterocycles. The minimum atomic E-state index is 0.801. The van der Waals surface area contributed by atoms with Crippen LogP contribution in [0.4, 0.5) is 5.69 Å². The summed E-state index contributed by atoms with van der Waals surface area (Å²) in [5.74, 6) is 0.801. The molecule has 1 atom stereocenters. The van der Waals surface area contributed by atoms with Gasteiger partial charge in [-0.25, -0.2) is 0 Å². The van der Waals surface area contributed by atoms with E-state index in [4.69, 9.17) is 0 Å². The number of anilines is 1. The Balaban J connectivity index is 2.34. The first kappa shape index (κ1) is 9.07. The van der Waals surface area contributed by atoms with Gasteiger partial charge < -0.3 is 5.32 Å². The average molecular weight is 240 g/mol.